The molecule has 0 amide bonds. The molecule has 0 spiro atoms. The van der Waals surface area contributed by atoms with E-state index in [0.29, 0.717) is 5.02 Å². The van der Waals surface area contributed by atoms with E-state index >= 15 is 0 Å². The highest BCUT2D eigenvalue weighted by Gasteiger charge is 2.14. The van der Waals surface area contributed by atoms with E-state index in [9.17, 15) is 4.79 Å². The zero-order chi connectivity index (χ0) is 10.6. The number of hydrogen-bond donors (Lipinski definition) is 1. The Morgan fingerprint density at radius 1 is 1.50 bits per heavy atom. The van der Waals surface area contributed by atoms with Crippen LogP contribution in [-0.2, 0) is 9.53 Å². The van der Waals surface area contributed by atoms with Gasteiger partial charge in [-0.15, -0.1) is 0 Å². The Kier molecular flexibility index (Phi) is 3.92. The normalized spacial score (nSPS) is 12.2. The van der Waals surface area contributed by atoms with Gasteiger partial charge in [0.05, 0.1) is 7.11 Å². The minimum Gasteiger partial charge on any atom is -0.469 e. The van der Waals surface area contributed by atoms with Gasteiger partial charge in [0.25, 0.3) is 0 Å². The number of ether oxygens (including phenoxy) is 1. The lowest BCUT2D eigenvalue weighted by Crippen LogP contribution is -2.54. The van der Waals surface area contributed by atoms with Gasteiger partial charge in [0.2, 0.25) is 0 Å². The molecule has 3 nitrogen and oxygen atoms in total. The molecule has 1 aromatic rings. The van der Waals surface area contributed by atoms with E-state index in [2.05, 4.69) is 10.5 Å². The van der Waals surface area contributed by atoms with Crippen LogP contribution in [0.3, 0.4) is 0 Å². The van der Waals surface area contributed by atoms with Crippen molar-refractivity contribution >= 4 is 17.6 Å². The summed E-state index contributed by atoms with van der Waals surface area (Å²) in [5.74, 6) is -0.250. The number of halogens is 1. The molecule has 76 valence electrons. The zero-order valence-electron chi connectivity index (χ0n) is 8.00. The minimum absolute atomic E-state index is 0.0836. The van der Waals surface area contributed by atoms with Crippen molar-refractivity contribution in [3.05, 3.63) is 34.9 Å². The van der Waals surface area contributed by atoms with Gasteiger partial charge < -0.3 is 10.5 Å². The third kappa shape index (κ3) is 3.01. The lowest BCUT2D eigenvalue weighted by molar-refractivity contribution is -0.425. The van der Waals surface area contributed by atoms with E-state index in [4.69, 9.17) is 11.6 Å². The van der Waals surface area contributed by atoms with Gasteiger partial charge in [-0.25, -0.2) is 0 Å². The van der Waals surface area contributed by atoms with E-state index in [1.165, 1.54) is 7.11 Å². The molecule has 4 heteroatoms. The molecule has 3 N–H and O–H groups in total. The summed E-state index contributed by atoms with van der Waals surface area (Å²) in [6.07, 6.45) is 0.290. The van der Waals surface area contributed by atoms with Gasteiger partial charge in [0, 0.05) is 10.6 Å². The highest BCUT2D eigenvalue weighted by atomic mass is 35.5. The molecule has 0 aliphatic carbocycles. The van der Waals surface area contributed by atoms with Gasteiger partial charge in [0.1, 0.15) is 12.5 Å². The fourth-order valence-corrected chi connectivity index (χ4v) is 1.26. The molecule has 0 fully saturated rings. The molecule has 0 radical (unpaired) electrons. The Balaban J connectivity index is 2.65. The van der Waals surface area contributed by atoms with Crippen LogP contribution in [-0.4, -0.2) is 13.1 Å². The van der Waals surface area contributed by atoms with Crippen LogP contribution >= 0.6 is 11.6 Å². The second-order valence-electron chi connectivity index (χ2n) is 3.03. The van der Waals surface area contributed by atoms with E-state index in [1.54, 1.807) is 12.1 Å². The highest BCUT2D eigenvalue weighted by Crippen LogP contribution is 2.15. The standard InChI is InChI=1S/C10H12ClNO2/c1-14-10(13)6-9(12)7-2-4-8(11)5-3-7/h2-5,9H,6,12H2,1H3/p+1/t9-/m0/s1. The molecule has 1 atom stereocenters. The van der Waals surface area contributed by atoms with E-state index in [0.717, 1.165) is 5.56 Å². The van der Waals surface area contributed by atoms with Crippen LogP contribution in [0.2, 0.25) is 5.02 Å². The third-order valence-corrected chi connectivity index (χ3v) is 2.23. The Morgan fingerprint density at radius 3 is 2.57 bits per heavy atom. The van der Waals surface area contributed by atoms with Crippen LogP contribution in [0.4, 0.5) is 0 Å². The fourth-order valence-electron chi connectivity index (χ4n) is 1.14. The summed E-state index contributed by atoms with van der Waals surface area (Å²) in [5, 5.41) is 0.680. The molecule has 0 saturated carbocycles. The molecular weight excluding hydrogens is 202 g/mol. The van der Waals surface area contributed by atoms with Crippen molar-refractivity contribution in [1.82, 2.24) is 0 Å². The van der Waals surface area contributed by atoms with Gasteiger partial charge in [0.15, 0.2) is 0 Å². The predicted molar refractivity (Wildman–Crippen MR) is 53.7 cm³/mol. The van der Waals surface area contributed by atoms with Crippen LogP contribution in [0.25, 0.3) is 0 Å². The van der Waals surface area contributed by atoms with Gasteiger partial charge in [-0.05, 0) is 12.1 Å². The summed E-state index contributed by atoms with van der Waals surface area (Å²) >= 11 is 5.74. The Labute approximate surface area is 87.8 Å². The van der Waals surface area contributed by atoms with Gasteiger partial charge in [-0.3, -0.25) is 4.79 Å². The number of quaternary nitrogens is 1. The maximum atomic E-state index is 11.0. The Morgan fingerprint density at radius 2 is 2.07 bits per heavy atom. The largest absolute Gasteiger partial charge is 0.469 e. The number of carbonyl (C=O) groups is 1. The molecular formula is C10H13ClNO2+. The molecule has 0 aliphatic rings. The number of carbonyl (C=O) groups excluding carboxylic acids is 1. The molecule has 0 bridgehead atoms. The fraction of sp³-hybridized carbons (Fsp3) is 0.300. The smallest absolute Gasteiger partial charge is 0.311 e. The molecule has 0 aromatic heterocycles. The molecule has 0 heterocycles. The van der Waals surface area contributed by atoms with Gasteiger partial charge in [-0.2, -0.15) is 0 Å². The van der Waals surface area contributed by atoms with Crippen LogP contribution in [0.5, 0.6) is 0 Å². The molecule has 1 aromatic carbocycles. The summed E-state index contributed by atoms with van der Waals surface area (Å²) in [5.41, 5.74) is 4.87. The summed E-state index contributed by atoms with van der Waals surface area (Å²) in [7, 11) is 1.37. The van der Waals surface area contributed by atoms with Crippen LogP contribution in [0, 0.1) is 0 Å². The molecule has 14 heavy (non-hydrogen) atoms. The highest BCUT2D eigenvalue weighted by molar-refractivity contribution is 6.30. The quantitative estimate of drug-likeness (QED) is 0.769. The van der Waals surface area contributed by atoms with Crippen molar-refractivity contribution < 1.29 is 15.3 Å². The predicted octanol–water partition coefficient (Wildman–Crippen LogP) is 1.19. The lowest BCUT2D eigenvalue weighted by Gasteiger charge is -2.07. The van der Waals surface area contributed by atoms with Crippen LogP contribution < -0.4 is 5.73 Å². The van der Waals surface area contributed by atoms with Gasteiger partial charge >= 0.3 is 5.97 Å². The number of esters is 1. The van der Waals surface area contributed by atoms with Crippen molar-refractivity contribution in [2.24, 2.45) is 0 Å². The minimum atomic E-state index is -0.250. The Hall–Kier alpha value is -1.06. The second kappa shape index (κ2) is 4.98. The molecule has 0 saturated heterocycles. The Bertz CT molecular complexity index is 310. The SMILES string of the molecule is COC(=O)C[C@H]([NH3+])c1ccc(Cl)cc1. The van der Waals surface area contributed by atoms with Gasteiger partial charge in [-0.1, -0.05) is 23.7 Å². The maximum absolute atomic E-state index is 11.0. The number of benzene rings is 1. The van der Waals surface area contributed by atoms with E-state index in [-0.39, 0.29) is 18.4 Å². The monoisotopic (exact) mass is 214 g/mol. The van der Waals surface area contributed by atoms with Crippen molar-refractivity contribution in [1.29, 1.82) is 0 Å². The first-order valence-corrected chi connectivity index (χ1v) is 4.66. The maximum Gasteiger partial charge on any atom is 0.311 e. The molecule has 1 rings (SSSR count). The number of methoxy groups -OCH3 is 1. The lowest BCUT2D eigenvalue weighted by atomic mass is 10.1. The first kappa shape index (κ1) is 11.0. The van der Waals surface area contributed by atoms with E-state index in [1.807, 2.05) is 12.1 Å². The third-order valence-electron chi connectivity index (χ3n) is 1.98. The van der Waals surface area contributed by atoms with Crippen molar-refractivity contribution in [2.45, 2.75) is 12.5 Å². The first-order valence-electron chi connectivity index (χ1n) is 4.29. The average molecular weight is 215 g/mol. The summed E-state index contributed by atoms with van der Waals surface area (Å²) in [6, 6.07) is 7.21. The van der Waals surface area contributed by atoms with Crippen molar-refractivity contribution in [3.8, 4) is 0 Å². The van der Waals surface area contributed by atoms with E-state index < -0.39 is 0 Å². The van der Waals surface area contributed by atoms with Crippen LogP contribution in [0.1, 0.15) is 18.0 Å². The molecule has 0 unspecified atom stereocenters. The number of rotatable bonds is 3. The topological polar surface area (TPSA) is 53.9 Å². The average Bonchev–Trinajstić information content (AvgIpc) is 2.18. The van der Waals surface area contributed by atoms with Crippen molar-refractivity contribution in [3.63, 3.8) is 0 Å². The molecule has 0 aliphatic heterocycles. The summed E-state index contributed by atoms with van der Waals surface area (Å²) in [4.78, 5) is 11.0. The van der Waals surface area contributed by atoms with Crippen LogP contribution in [0.15, 0.2) is 24.3 Å². The first-order chi connectivity index (χ1) is 6.63. The zero-order valence-corrected chi connectivity index (χ0v) is 8.75. The number of hydrogen-bond acceptors (Lipinski definition) is 2. The summed E-state index contributed by atoms with van der Waals surface area (Å²) < 4.78 is 4.56. The summed E-state index contributed by atoms with van der Waals surface area (Å²) in [6.45, 7) is 0. The second-order valence-corrected chi connectivity index (χ2v) is 3.47. The van der Waals surface area contributed by atoms with Crippen molar-refractivity contribution in [2.75, 3.05) is 7.11 Å².